The molecule has 0 fully saturated rings. The highest BCUT2D eigenvalue weighted by molar-refractivity contribution is 6.30. The Morgan fingerprint density at radius 2 is 2.31 bits per heavy atom. The Morgan fingerprint density at radius 3 is 2.88 bits per heavy atom. The molecule has 88 valence electrons. The molecule has 1 atom stereocenters. The average Bonchev–Trinajstić information content (AvgIpc) is 2.15. The van der Waals surface area contributed by atoms with Crippen molar-refractivity contribution in [2.45, 2.75) is 25.9 Å². The lowest BCUT2D eigenvalue weighted by Crippen LogP contribution is -2.30. The molecular weight excluding hydrogens is 231 g/mol. The van der Waals surface area contributed by atoms with Gasteiger partial charge in [0.1, 0.15) is 5.82 Å². The first-order valence-electron chi connectivity index (χ1n) is 4.94. The average molecular weight is 245 g/mol. The molecule has 0 aliphatic heterocycles. The maximum atomic E-state index is 13.3. The summed E-state index contributed by atoms with van der Waals surface area (Å²) in [7, 11) is 0. The minimum absolute atomic E-state index is 0.0763. The monoisotopic (exact) mass is 244 g/mol. The van der Waals surface area contributed by atoms with Crippen molar-refractivity contribution in [2.75, 3.05) is 0 Å². The minimum atomic E-state index is -0.378. The van der Waals surface area contributed by atoms with E-state index in [1.165, 1.54) is 6.07 Å². The van der Waals surface area contributed by atoms with Gasteiger partial charge in [-0.3, -0.25) is 4.79 Å². The molecule has 0 saturated carbocycles. The van der Waals surface area contributed by atoms with Gasteiger partial charge in [-0.2, -0.15) is 0 Å². The van der Waals surface area contributed by atoms with Crippen LogP contribution in [0.2, 0.25) is 5.02 Å². The van der Waals surface area contributed by atoms with Crippen LogP contribution in [-0.2, 0) is 11.3 Å². The van der Waals surface area contributed by atoms with Crippen molar-refractivity contribution in [3.8, 4) is 0 Å². The number of nitrogens with one attached hydrogen (secondary N) is 1. The van der Waals surface area contributed by atoms with E-state index in [9.17, 15) is 9.18 Å². The molecule has 5 heteroatoms. The fraction of sp³-hybridized carbons (Fsp3) is 0.364. The molecule has 0 spiro atoms. The van der Waals surface area contributed by atoms with E-state index in [1.807, 2.05) is 6.92 Å². The highest BCUT2D eigenvalue weighted by Crippen LogP contribution is 2.14. The number of primary amides is 1. The van der Waals surface area contributed by atoms with Gasteiger partial charge in [-0.25, -0.2) is 4.39 Å². The van der Waals surface area contributed by atoms with Crippen LogP contribution >= 0.6 is 11.6 Å². The molecule has 0 aliphatic rings. The van der Waals surface area contributed by atoms with E-state index in [-0.39, 0.29) is 24.2 Å². The van der Waals surface area contributed by atoms with Crippen molar-refractivity contribution >= 4 is 17.5 Å². The van der Waals surface area contributed by atoms with Gasteiger partial charge in [-0.15, -0.1) is 0 Å². The number of hydrogen-bond donors (Lipinski definition) is 2. The third-order valence-corrected chi connectivity index (χ3v) is 2.40. The Bertz CT molecular complexity index is 384. The lowest BCUT2D eigenvalue weighted by atomic mass is 10.2. The molecule has 0 saturated heterocycles. The van der Waals surface area contributed by atoms with Crippen LogP contribution in [0.4, 0.5) is 4.39 Å². The summed E-state index contributed by atoms with van der Waals surface area (Å²) in [6.07, 6.45) is 0.231. The van der Waals surface area contributed by atoms with Crippen molar-refractivity contribution in [3.05, 3.63) is 34.6 Å². The number of benzene rings is 1. The van der Waals surface area contributed by atoms with E-state index in [0.717, 1.165) is 0 Å². The van der Waals surface area contributed by atoms with Crippen molar-refractivity contribution in [2.24, 2.45) is 5.73 Å². The number of nitrogens with two attached hydrogens (primary N) is 1. The third kappa shape index (κ3) is 4.16. The lowest BCUT2D eigenvalue weighted by molar-refractivity contribution is -0.118. The maximum Gasteiger partial charge on any atom is 0.218 e. The largest absolute Gasteiger partial charge is 0.370 e. The first kappa shape index (κ1) is 12.9. The van der Waals surface area contributed by atoms with E-state index in [4.69, 9.17) is 17.3 Å². The standard InChI is InChI=1S/C11H14ClFN2O/c1-7(4-11(14)16)15-6-8-2-3-9(12)5-10(8)13/h2-3,5,7,15H,4,6H2,1H3,(H2,14,16). The summed E-state index contributed by atoms with van der Waals surface area (Å²) in [4.78, 5) is 10.6. The Hall–Kier alpha value is -1.13. The number of rotatable bonds is 5. The summed E-state index contributed by atoms with van der Waals surface area (Å²) in [5, 5.41) is 3.37. The van der Waals surface area contributed by atoms with Crippen LogP contribution in [0.3, 0.4) is 0 Å². The summed E-state index contributed by atoms with van der Waals surface area (Å²) in [6.45, 7) is 2.16. The molecule has 1 rings (SSSR count). The first-order chi connectivity index (χ1) is 7.49. The Morgan fingerprint density at radius 1 is 1.62 bits per heavy atom. The van der Waals surface area contributed by atoms with Gasteiger partial charge < -0.3 is 11.1 Å². The van der Waals surface area contributed by atoms with Gasteiger partial charge >= 0.3 is 0 Å². The quantitative estimate of drug-likeness (QED) is 0.830. The zero-order chi connectivity index (χ0) is 12.1. The highest BCUT2D eigenvalue weighted by atomic mass is 35.5. The number of halogens is 2. The molecule has 0 aliphatic carbocycles. The van der Waals surface area contributed by atoms with Crippen LogP contribution in [0.5, 0.6) is 0 Å². The van der Waals surface area contributed by atoms with Gasteiger partial charge in [-0.1, -0.05) is 17.7 Å². The molecule has 1 unspecified atom stereocenters. The lowest BCUT2D eigenvalue weighted by Gasteiger charge is -2.12. The zero-order valence-corrected chi connectivity index (χ0v) is 9.72. The third-order valence-electron chi connectivity index (χ3n) is 2.16. The molecule has 0 aromatic heterocycles. The second-order valence-corrected chi connectivity index (χ2v) is 4.12. The van der Waals surface area contributed by atoms with E-state index >= 15 is 0 Å². The predicted molar refractivity (Wildman–Crippen MR) is 61.5 cm³/mol. The molecule has 16 heavy (non-hydrogen) atoms. The van der Waals surface area contributed by atoms with Gasteiger partial charge in [0.25, 0.3) is 0 Å². The summed E-state index contributed by atoms with van der Waals surface area (Å²) in [5.74, 6) is -0.733. The fourth-order valence-corrected chi connectivity index (χ4v) is 1.48. The topological polar surface area (TPSA) is 55.1 Å². The van der Waals surface area contributed by atoms with E-state index in [0.29, 0.717) is 17.1 Å². The van der Waals surface area contributed by atoms with E-state index < -0.39 is 0 Å². The van der Waals surface area contributed by atoms with Crippen molar-refractivity contribution in [3.63, 3.8) is 0 Å². The summed E-state index contributed by atoms with van der Waals surface area (Å²) >= 11 is 5.63. The molecule has 0 bridgehead atoms. The summed E-state index contributed by atoms with van der Waals surface area (Å²) < 4.78 is 13.3. The molecule has 3 nitrogen and oxygen atoms in total. The van der Waals surface area contributed by atoms with Crippen LogP contribution in [0.1, 0.15) is 18.9 Å². The number of carbonyl (C=O) groups excluding carboxylic acids is 1. The molecule has 1 aromatic carbocycles. The van der Waals surface area contributed by atoms with Crippen LogP contribution in [0.15, 0.2) is 18.2 Å². The van der Waals surface area contributed by atoms with Gasteiger partial charge in [-0.05, 0) is 19.1 Å². The summed E-state index contributed by atoms with van der Waals surface area (Å²) in [5.41, 5.74) is 5.56. The second-order valence-electron chi connectivity index (χ2n) is 3.69. The summed E-state index contributed by atoms with van der Waals surface area (Å²) in [6, 6.07) is 4.42. The molecule has 0 heterocycles. The zero-order valence-electron chi connectivity index (χ0n) is 8.97. The number of hydrogen-bond acceptors (Lipinski definition) is 2. The number of carbonyl (C=O) groups is 1. The smallest absolute Gasteiger partial charge is 0.218 e. The SMILES string of the molecule is CC(CC(N)=O)NCc1ccc(Cl)cc1F. The van der Waals surface area contributed by atoms with Crippen LogP contribution in [-0.4, -0.2) is 11.9 Å². The second kappa shape index (κ2) is 5.82. The van der Waals surface area contributed by atoms with Gasteiger partial charge in [0.05, 0.1) is 0 Å². The van der Waals surface area contributed by atoms with Gasteiger partial charge in [0.15, 0.2) is 0 Å². The van der Waals surface area contributed by atoms with E-state index in [2.05, 4.69) is 5.32 Å². The van der Waals surface area contributed by atoms with Crippen molar-refractivity contribution < 1.29 is 9.18 Å². The molecule has 1 aromatic rings. The van der Waals surface area contributed by atoms with Gasteiger partial charge in [0, 0.05) is 29.6 Å². The first-order valence-corrected chi connectivity index (χ1v) is 5.32. The fourth-order valence-electron chi connectivity index (χ4n) is 1.32. The molecule has 0 radical (unpaired) electrons. The Kier molecular flexibility index (Phi) is 4.71. The molecule has 1 amide bonds. The van der Waals surface area contributed by atoms with Crippen LogP contribution < -0.4 is 11.1 Å². The maximum absolute atomic E-state index is 13.3. The Labute approximate surface area is 98.8 Å². The Balaban J connectivity index is 2.51. The highest BCUT2D eigenvalue weighted by Gasteiger charge is 2.07. The predicted octanol–water partition coefficient (Wildman–Crippen LogP) is 1.83. The van der Waals surface area contributed by atoms with E-state index in [1.54, 1.807) is 12.1 Å². The van der Waals surface area contributed by atoms with Crippen molar-refractivity contribution in [1.82, 2.24) is 5.32 Å². The molecular formula is C11H14ClFN2O. The molecule has 3 N–H and O–H groups in total. The normalized spacial score (nSPS) is 12.4. The minimum Gasteiger partial charge on any atom is -0.370 e. The number of amides is 1. The van der Waals surface area contributed by atoms with Crippen molar-refractivity contribution in [1.29, 1.82) is 0 Å². The van der Waals surface area contributed by atoms with Crippen LogP contribution in [0, 0.1) is 5.82 Å². The van der Waals surface area contributed by atoms with Gasteiger partial charge in [0.2, 0.25) is 5.91 Å². The van der Waals surface area contributed by atoms with Crippen LogP contribution in [0.25, 0.3) is 0 Å².